The second-order valence-corrected chi connectivity index (χ2v) is 9.05. The molecule has 7 nitrogen and oxygen atoms in total. The lowest BCUT2D eigenvalue weighted by Crippen LogP contribution is -2.24. The minimum absolute atomic E-state index is 0.0596. The lowest BCUT2D eigenvalue weighted by molar-refractivity contribution is -0.118. The van der Waals surface area contributed by atoms with Crippen LogP contribution in [0, 0.1) is 6.92 Å². The number of fused-ring (bicyclic) bond motifs is 2. The maximum atomic E-state index is 12.3. The maximum absolute atomic E-state index is 12.3. The molecule has 0 unspecified atom stereocenters. The standard InChI is InChI=1S/C22H18N4O3S2/c1-13-24-20-21(31-13)19(15-7-8-16-17(9-15)29-12-28-16)25-26-22(20)30-11-18(27)23-10-14-5-3-2-4-6-14/h2-9H,10-12H2,1H3,(H,23,27). The molecule has 0 radical (unpaired) electrons. The fourth-order valence-corrected chi connectivity index (χ4v) is 4.98. The van der Waals surface area contributed by atoms with E-state index in [2.05, 4.69) is 20.5 Å². The summed E-state index contributed by atoms with van der Waals surface area (Å²) >= 11 is 2.91. The zero-order valence-electron chi connectivity index (χ0n) is 16.6. The van der Waals surface area contributed by atoms with Crippen molar-refractivity contribution >= 4 is 39.2 Å². The van der Waals surface area contributed by atoms with Crippen molar-refractivity contribution in [2.75, 3.05) is 12.5 Å². The van der Waals surface area contributed by atoms with Gasteiger partial charge >= 0.3 is 0 Å². The van der Waals surface area contributed by atoms with Gasteiger partial charge in [0, 0.05) is 12.1 Å². The van der Waals surface area contributed by atoms with Gasteiger partial charge < -0.3 is 14.8 Å². The van der Waals surface area contributed by atoms with Crippen LogP contribution < -0.4 is 14.8 Å². The van der Waals surface area contributed by atoms with Crippen molar-refractivity contribution in [1.82, 2.24) is 20.5 Å². The number of nitrogens with one attached hydrogen (secondary N) is 1. The van der Waals surface area contributed by atoms with Crippen LogP contribution in [0.4, 0.5) is 0 Å². The van der Waals surface area contributed by atoms with Crippen molar-refractivity contribution in [3.63, 3.8) is 0 Å². The molecular formula is C22H18N4O3S2. The Balaban J connectivity index is 1.34. The molecule has 1 N–H and O–H groups in total. The van der Waals surface area contributed by atoms with Crippen LogP contribution in [0.15, 0.2) is 53.6 Å². The Bertz CT molecular complexity index is 1260. The van der Waals surface area contributed by atoms with E-state index in [0.29, 0.717) is 17.3 Å². The molecule has 9 heteroatoms. The number of nitrogens with zero attached hydrogens (tertiary/aromatic N) is 3. The molecule has 4 aromatic rings. The van der Waals surface area contributed by atoms with Crippen molar-refractivity contribution in [2.24, 2.45) is 0 Å². The SMILES string of the molecule is Cc1nc2c(SCC(=O)NCc3ccccc3)nnc(-c3ccc4c(c3)OCO4)c2s1. The molecule has 5 rings (SSSR count). The van der Waals surface area contributed by atoms with Gasteiger partial charge in [-0.1, -0.05) is 42.1 Å². The Labute approximate surface area is 186 Å². The summed E-state index contributed by atoms with van der Waals surface area (Å²) in [4.78, 5) is 17.0. The van der Waals surface area contributed by atoms with E-state index in [1.54, 1.807) is 11.3 Å². The molecule has 1 aliphatic heterocycles. The largest absolute Gasteiger partial charge is 0.454 e. The number of benzene rings is 2. The highest BCUT2D eigenvalue weighted by Crippen LogP contribution is 2.39. The third-order valence-corrected chi connectivity index (χ3v) is 6.64. The predicted octanol–water partition coefficient (Wildman–Crippen LogP) is 4.20. The fourth-order valence-electron chi connectivity index (χ4n) is 3.23. The number of thiazole rings is 1. The molecule has 0 aliphatic carbocycles. The van der Waals surface area contributed by atoms with E-state index in [-0.39, 0.29) is 18.5 Å². The Morgan fingerprint density at radius 1 is 1.13 bits per heavy atom. The molecule has 2 aromatic heterocycles. The van der Waals surface area contributed by atoms with Crippen molar-refractivity contribution in [1.29, 1.82) is 0 Å². The van der Waals surface area contributed by atoms with Crippen molar-refractivity contribution in [3.8, 4) is 22.8 Å². The van der Waals surface area contributed by atoms with Crippen LogP contribution in [-0.2, 0) is 11.3 Å². The molecule has 1 amide bonds. The molecule has 31 heavy (non-hydrogen) atoms. The van der Waals surface area contributed by atoms with Crippen LogP contribution in [0.3, 0.4) is 0 Å². The zero-order chi connectivity index (χ0) is 21.2. The first kappa shape index (κ1) is 19.8. The van der Waals surface area contributed by atoms with Gasteiger partial charge in [-0.2, -0.15) is 0 Å². The fraction of sp³-hybridized carbons (Fsp3) is 0.182. The highest BCUT2D eigenvalue weighted by molar-refractivity contribution is 8.00. The average Bonchev–Trinajstić information content (AvgIpc) is 3.42. The van der Waals surface area contributed by atoms with E-state index in [4.69, 9.17) is 9.47 Å². The van der Waals surface area contributed by atoms with E-state index >= 15 is 0 Å². The number of ether oxygens (including phenoxy) is 2. The molecule has 156 valence electrons. The van der Waals surface area contributed by atoms with Crippen LogP contribution >= 0.6 is 23.1 Å². The third kappa shape index (κ3) is 4.19. The van der Waals surface area contributed by atoms with Crippen LogP contribution in [0.2, 0.25) is 0 Å². The number of aromatic nitrogens is 3. The highest BCUT2D eigenvalue weighted by atomic mass is 32.2. The molecular weight excluding hydrogens is 432 g/mol. The average molecular weight is 451 g/mol. The minimum Gasteiger partial charge on any atom is -0.454 e. The lowest BCUT2D eigenvalue weighted by atomic mass is 10.1. The number of aryl methyl sites for hydroxylation is 1. The summed E-state index contributed by atoms with van der Waals surface area (Å²) in [5.41, 5.74) is 3.47. The number of amides is 1. The Hall–Kier alpha value is -3.17. The summed E-state index contributed by atoms with van der Waals surface area (Å²) in [6.07, 6.45) is 0. The molecule has 2 aromatic carbocycles. The number of carbonyl (C=O) groups excluding carboxylic acids is 1. The molecule has 3 heterocycles. The molecule has 0 fully saturated rings. The van der Waals surface area contributed by atoms with Crippen LogP contribution in [0.1, 0.15) is 10.6 Å². The number of hydrogen-bond acceptors (Lipinski definition) is 8. The Kier molecular flexibility index (Phi) is 5.44. The minimum atomic E-state index is -0.0596. The van der Waals surface area contributed by atoms with Gasteiger partial charge in [-0.25, -0.2) is 4.98 Å². The predicted molar refractivity (Wildman–Crippen MR) is 121 cm³/mol. The summed E-state index contributed by atoms with van der Waals surface area (Å²) < 4.78 is 11.8. The van der Waals surface area contributed by atoms with Crippen LogP contribution in [0.5, 0.6) is 11.5 Å². The van der Waals surface area contributed by atoms with Crippen molar-refractivity contribution in [2.45, 2.75) is 18.5 Å². The smallest absolute Gasteiger partial charge is 0.231 e. The van der Waals surface area contributed by atoms with Gasteiger partial charge in [0.15, 0.2) is 11.5 Å². The van der Waals surface area contributed by atoms with E-state index in [1.165, 1.54) is 11.8 Å². The normalized spacial score (nSPS) is 12.3. The monoisotopic (exact) mass is 450 g/mol. The second kappa shape index (κ2) is 8.52. The molecule has 0 spiro atoms. The van der Waals surface area contributed by atoms with Gasteiger partial charge in [-0.3, -0.25) is 4.79 Å². The topological polar surface area (TPSA) is 86.2 Å². The zero-order valence-corrected chi connectivity index (χ0v) is 18.3. The summed E-state index contributed by atoms with van der Waals surface area (Å²) in [5, 5.41) is 13.3. The number of thioether (sulfide) groups is 1. The first-order chi connectivity index (χ1) is 15.2. The lowest BCUT2D eigenvalue weighted by Gasteiger charge is -2.07. The molecule has 0 bridgehead atoms. The van der Waals surface area contributed by atoms with E-state index in [1.807, 2.05) is 55.5 Å². The van der Waals surface area contributed by atoms with Gasteiger partial charge in [0.25, 0.3) is 0 Å². The summed E-state index contributed by atoms with van der Waals surface area (Å²) in [5.74, 6) is 1.61. The van der Waals surface area contributed by atoms with Gasteiger partial charge in [-0.15, -0.1) is 21.5 Å². The van der Waals surface area contributed by atoms with Gasteiger partial charge in [0.1, 0.15) is 16.2 Å². The van der Waals surface area contributed by atoms with Crippen LogP contribution in [0.25, 0.3) is 21.5 Å². The quantitative estimate of drug-likeness (QED) is 0.441. The van der Waals surface area contributed by atoms with E-state index in [9.17, 15) is 4.79 Å². The van der Waals surface area contributed by atoms with Crippen LogP contribution in [-0.4, -0.2) is 33.6 Å². The highest BCUT2D eigenvalue weighted by Gasteiger charge is 2.20. The maximum Gasteiger partial charge on any atom is 0.231 e. The number of hydrogen-bond donors (Lipinski definition) is 1. The Morgan fingerprint density at radius 2 is 1.97 bits per heavy atom. The molecule has 0 saturated heterocycles. The molecule has 0 atom stereocenters. The third-order valence-electron chi connectivity index (χ3n) is 4.71. The van der Waals surface area contributed by atoms with Gasteiger partial charge in [0.2, 0.25) is 12.7 Å². The van der Waals surface area contributed by atoms with Crippen molar-refractivity contribution in [3.05, 3.63) is 59.1 Å². The summed E-state index contributed by atoms with van der Waals surface area (Å²) in [6, 6.07) is 15.5. The van der Waals surface area contributed by atoms with E-state index in [0.717, 1.165) is 37.8 Å². The molecule has 1 aliphatic rings. The van der Waals surface area contributed by atoms with E-state index < -0.39 is 0 Å². The Morgan fingerprint density at radius 3 is 2.84 bits per heavy atom. The number of rotatable bonds is 6. The number of carbonyl (C=O) groups is 1. The summed E-state index contributed by atoms with van der Waals surface area (Å²) in [6.45, 7) is 2.68. The van der Waals surface area contributed by atoms with Gasteiger partial charge in [-0.05, 0) is 30.7 Å². The van der Waals surface area contributed by atoms with Crippen molar-refractivity contribution < 1.29 is 14.3 Å². The molecule has 0 saturated carbocycles. The summed E-state index contributed by atoms with van der Waals surface area (Å²) in [7, 11) is 0. The first-order valence-electron chi connectivity index (χ1n) is 9.64. The van der Waals surface area contributed by atoms with Gasteiger partial charge in [0.05, 0.1) is 15.5 Å². The second-order valence-electron chi connectivity index (χ2n) is 6.88. The first-order valence-corrected chi connectivity index (χ1v) is 11.4.